The van der Waals surface area contributed by atoms with Crippen molar-refractivity contribution in [2.24, 2.45) is 5.92 Å². The number of fused-ring (bicyclic) bond motifs is 3. The van der Waals surface area contributed by atoms with Crippen LogP contribution >= 0.6 is 0 Å². The average Bonchev–Trinajstić information content (AvgIpc) is 3.63. The van der Waals surface area contributed by atoms with Gasteiger partial charge in [-0.15, -0.1) is 0 Å². The van der Waals surface area contributed by atoms with E-state index in [-0.39, 0.29) is 47.9 Å². The summed E-state index contributed by atoms with van der Waals surface area (Å²) in [6.45, 7) is 4.40. The third kappa shape index (κ3) is 4.55. The summed E-state index contributed by atoms with van der Waals surface area (Å²) >= 11 is 0. The number of carbonyl (C=O) groups excluding carboxylic acids is 3. The Kier molecular flexibility index (Phi) is 6.87. The quantitative estimate of drug-likeness (QED) is 0.477. The highest BCUT2D eigenvalue weighted by molar-refractivity contribution is 6.08. The zero-order valence-electron chi connectivity index (χ0n) is 23.4. The minimum absolute atomic E-state index is 0.000818. The SMILES string of the molecule is CC(C)C[C@H]1C(=O)N2C[C@]3(C[C@H]2C#N)C(=O)Nc2ccc(cc23)OCCCCN1C(=O)c1cc2c(F)cc(F)cc2[nH]1. The van der Waals surface area contributed by atoms with Gasteiger partial charge in [-0.1, -0.05) is 13.8 Å². The normalized spacial score (nSPS) is 24.0. The fourth-order valence-electron chi connectivity index (χ4n) is 6.50. The number of benzene rings is 2. The molecule has 42 heavy (non-hydrogen) atoms. The monoisotopic (exact) mass is 575 g/mol. The van der Waals surface area contributed by atoms with Gasteiger partial charge in [-0.3, -0.25) is 14.4 Å². The topological polar surface area (TPSA) is 119 Å². The number of nitrogens with one attached hydrogen (secondary N) is 2. The van der Waals surface area contributed by atoms with E-state index >= 15 is 0 Å². The van der Waals surface area contributed by atoms with Gasteiger partial charge in [0.05, 0.1) is 23.6 Å². The molecule has 6 rings (SSSR count). The first kappa shape index (κ1) is 27.7. The Morgan fingerprint density at radius 2 is 2.00 bits per heavy atom. The Bertz CT molecular complexity index is 1650. The Morgan fingerprint density at radius 1 is 1.19 bits per heavy atom. The molecule has 218 valence electrons. The van der Waals surface area contributed by atoms with Crippen molar-refractivity contribution >= 4 is 34.3 Å². The summed E-state index contributed by atoms with van der Waals surface area (Å²) in [7, 11) is 0. The molecule has 4 bridgehead atoms. The summed E-state index contributed by atoms with van der Waals surface area (Å²) in [5.74, 6) is -2.23. The standard InChI is InChI=1S/C31H31F2N5O4/c1-17(2)9-27-29(40)38-16-31(14-19(38)15-34)22-12-20(5-6-24(22)36-30(31)41)42-8-4-3-7-37(27)28(39)26-13-21-23(33)10-18(32)11-25(21)35-26/h5-6,10-13,17,19,27,35H,3-4,7-9,14,16H2,1-2H3,(H,36,41)/t19-,27-,31-/m0/s1. The van der Waals surface area contributed by atoms with Gasteiger partial charge < -0.3 is 24.8 Å². The van der Waals surface area contributed by atoms with E-state index < -0.39 is 40.9 Å². The smallest absolute Gasteiger partial charge is 0.270 e. The second-order valence-corrected chi connectivity index (χ2v) is 11.8. The number of hydrogen-bond acceptors (Lipinski definition) is 5. The summed E-state index contributed by atoms with van der Waals surface area (Å²) < 4.78 is 34.4. The predicted molar refractivity (Wildman–Crippen MR) is 150 cm³/mol. The zero-order valence-corrected chi connectivity index (χ0v) is 23.4. The molecule has 4 heterocycles. The molecular formula is C31H31F2N5O4. The number of carbonyl (C=O) groups is 3. The summed E-state index contributed by atoms with van der Waals surface area (Å²) in [6.07, 6.45) is 1.50. The number of aromatic nitrogens is 1. The molecule has 2 N–H and O–H groups in total. The average molecular weight is 576 g/mol. The van der Waals surface area contributed by atoms with E-state index in [9.17, 15) is 28.4 Å². The lowest BCUT2D eigenvalue weighted by atomic mass is 9.79. The van der Waals surface area contributed by atoms with E-state index in [1.807, 2.05) is 19.9 Å². The third-order valence-electron chi connectivity index (χ3n) is 8.54. The molecule has 1 saturated heterocycles. The highest BCUT2D eigenvalue weighted by atomic mass is 19.1. The van der Waals surface area contributed by atoms with E-state index in [1.54, 1.807) is 12.1 Å². The molecule has 0 unspecified atom stereocenters. The van der Waals surface area contributed by atoms with Crippen LogP contribution in [0.15, 0.2) is 36.4 Å². The maximum Gasteiger partial charge on any atom is 0.270 e. The molecule has 1 aromatic heterocycles. The number of H-pyrrole nitrogens is 1. The van der Waals surface area contributed by atoms with Gasteiger partial charge >= 0.3 is 0 Å². The van der Waals surface area contributed by atoms with E-state index in [2.05, 4.69) is 16.4 Å². The first-order valence-corrected chi connectivity index (χ1v) is 14.2. The third-order valence-corrected chi connectivity index (χ3v) is 8.54. The fourth-order valence-corrected chi connectivity index (χ4v) is 6.50. The van der Waals surface area contributed by atoms with Crippen LogP contribution in [0, 0.1) is 28.9 Å². The van der Waals surface area contributed by atoms with Crippen LogP contribution in [0.25, 0.3) is 10.9 Å². The zero-order chi connectivity index (χ0) is 29.8. The van der Waals surface area contributed by atoms with Crippen molar-refractivity contribution in [3.8, 4) is 11.8 Å². The van der Waals surface area contributed by atoms with Crippen LogP contribution in [-0.4, -0.2) is 64.3 Å². The van der Waals surface area contributed by atoms with Gasteiger partial charge in [0, 0.05) is 36.7 Å². The molecule has 11 heteroatoms. The van der Waals surface area contributed by atoms with Gasteiger partial charge in [0.2, 0.25) is 11.8 Å². The number of aromatic amines is 1. The summed E-state index contributed by atoms with van der Waals surface area (Å²) in [6, 6.07) is 8.95. The van der Waals surface area contributed by atoms with Crippen LogP contribution in [0.5, 0.6) is 5.75 Å². The van der Waals surface area contributed by atoms with Crippen LogP contribution in [0.4, 0.5) is 14.5 Å². The predicted octanol–water partition coefficient (Wildman–Crippen LogP) is 4.49. The summed E-state index contributed by atoms with van der Waals surface area (Å²) in [4.78, 5) is 47.6. The Hall–Kier alpha value is -4.46. The van der Waals surface area contributed by atoms with Crippen molar-refractivity contribution < 1.29 is 27.9 Å². The molecule has 3 atom stereocenters. The maximum atomic E-state index is 14.5. The van der Waals surface area contributed by atoms with Crippen molar-refractivity contribution in [3.63, 3.8) is 0 Å². The van der Waals surface area contributed by atoms with Crippen LogP contribution in [-0.2, 0) is 15.0 Å². The number of nitrogens with zero attached hydrogens (tertiary/aromatic N) is 3. The molecule has 3 aliphatic rings. The van der Waals surface area contributed by atoms with Gasteiger partial charge in [0.25, 0.3) is 5.91 Å². The van der Waals surface area contributed by atoms with E-state index in [1.165, 1.54) is 15.9 Å². The van der Waals surface area contributed by atoms with Crippen LogP contribution in [0.3, 0.4) is 0 Å². The second kappa shape index (κ2) is 10.4. The Balaban J connectivity index is 1.43. The lowest BCUT2D eigenvalue weighted by Gasteiger charge is -2.35. The van der Waals surface area contributed by atoms with Crippen molar-refractivity contribution in [1.82, 2.24) is 14.8 Å². The number of halogens is 2. The molecule has 0 saturated carbocycles. The van der Waals surface area contributed by atoms with E-state index in [4.69, 9.17) is 4.74 Å². The van der Waals surface area contributed by atoms with E-state index in [0.717, 1.165) is 12.1 Å². The highest BCUT2D eigenvalue weighted by Gasteiger charge is 2.57. The highest BCUT2D eigenvalue weighted by Crippen LogP contribution is 2.48. The summed E-state index contributed by atoms with van der Waals surface area (Å²) in [5, 5.41) is 13.1. The first-order valence-electron chi connectivity index (χ1n) is 14.2. The van der Waals surface area contributed by atoms with Crippen molar-refractivity contribution in [3.05, 3.63) is 59.3 Å². The second-order valence-electron chi connectivity index (χ2n) is 11.8. The Morgan fingerprint density at radius 3 is 2.76 bits per heavy atom. The molecule has 2 aromatic carbocycles. The van der Waals surface area contributed by atoms with Gasteiger partial charge in [-0.2, -0.15) is 5.26 Å². The molecular weight excluding hydrogens is 544 g/mol. The van der Waals surface area contributed by atoms with Gasteiger partial charge in [0.1, 0.15) is 35.2 Å². The molecule has 0 aliphatic carbocycles. The minimum atomic E-state index is -1.12. The molecule has 3 aromatic rings. The minimum Gasteiger partial charge on any atom is -0.494 e. The lowest BCUT2D eigenvalue weighted by Crippen LogP contribution is -2.53. The molecule has 0 radical (unpaired) electrons. The van der Waals surface area contributed by atoms with Gasteiger partial charge in [-0.05, 0) is 61.1 Å². The largest absolute Gasteiger partial charge is 0.494 e. The fraction of sp³-hybridized carbons (Fsp3) is 0.419. The van der Waals surface area contributed by atoms with Gasteiger partial charge in [-0.25, -0.2) is 8.78 Å². The number of nitriles is 1. The van der Waals surface area contributed by atoms with Crippen LogP contribution < -0.4 is 10.1 Å². The molecule has 1 spiro atoms. The van der Waals surface area contributed by atoms with Crippen molar-refractivity contribution in [2.45, 2.75) is 57.0 Å². The van der Waals surface area contributed by atoms with Crippen LogP contribution in [0.1, 0.15) is 55.6 Å². The van der Waals surface area contributed by atoms with Crippen molar-refractivity contribution in [2.75, 3.05) is 25.0 Å². The van der Waals surface area contributed by atoms with E-state index in [0.29, 0.717) is 42.9 Å². The van der Waals surface area contributed by atoms with Crippen LogP contribution in [0.2, 0.25) is 0 Å². The maximum absolute atomic E-state index is 14.5. The number of anilines is 1. The number of rotatable bonds is 3. The number of amides is 3. The Labute approximate surface area is 241 Å². The molecule has 1 fully saturated rings. The molecule has 3 aliphatic heterocycles. The summed E-state index contributed by atoms with van der Waals surface area (Å²) in [5.41, 5.74) is 0.359. The number of ether oxygens (including phenoxy) is 1. The lowest BCUT2D eigenvalue weighted by molar-refractivity contribution is -0.137. The van der Waals surface area contributed by atoms with Gasteiger partial charge in [0.15, 0.2) is 0 Å². The molecule has 9 nitrogen and oxygen atoms in total. The van der Waals surface area contributed by atoms with Crippen molar-refractivity contribution in [1.29, 1.82) is 5.26 Å². The number of hydrogen-bond donors (Lipinski definition) is 2. The first-order chi connectivity index (χ1) is 20.1. The molecule has 3 amide bonds.